The SMILES string of the molecule is Cc1cc(C)cc(OCc2ccc(C(=O)NCCCn3cc(Cl)cn3)o2)c1. The minimum absolute atomic E-state index is 0.244. The highest BCUT2D eigenvalue weighted by atomic mass is 35.5. The molecule has 1 amide bonds. The van der Waals surface area contributed by atoms with Gasteiger partial charge in [-0.1, -0.05) is 17.7 Å². The molecule has 2 heterocycles. The second-order valence-electron chi connectivity index (χ2n) is 6.41. The Kier molecular flexibility index (Phi) is 6.19. The lowest BCUT2D eigenvalue weighted by Gasteiger charge is -2.07. The van der Waals surface area contributed by atoms with Crippen LogP contribution >= 0.6 is 11.6 Å². The normalized spacial score (nSPS) is 10.8. The van der Waals surface area contributed by atoms with E-state index >= 15 is 0 Å². The largest absolute Gasteiger partial charge is 0.486 e. The van der Waals surface area contributed by atoms with E-state index in [1.807, 2.05) is 26.0 Å². The summed E-state index contributed by atoms with van der Waals surface area (Å²) in [7, 11) is 0. The van der Waals surface area contributed by atoms with E-state index in [2.05, 4.69) is 16.5 Å². The quantitative estimate of drug-likeness (QED) is 0.589. The van der Waals surface area contributed by atoms with Crippen LogP contribution in [0.4, 0.5) is 0 Å². The summed E-state index contributed by atoms with van der Waals surface area (Å²) in [6, 6.07) is 9.43. The van der Waals surface area contributed by atoms with E-state index in [4.69, 9.17) is 20.8 Å². The third-order valence-corrected chi connectivity index (χ3v) is 4.11. The molecule has 142 valence electrons. The monoisotopic (exact) mass is 387 g/mol. The van der Waals surface area contributed by atoms with Gasteiger partial charge in [0, 0.05) is 19.3 Å². The molecule has 6 nitrogen and oxygen atoms in total. The molecule has 0 spiro atoms. The van der Waals surface area contributed by atoms with Crippen LogP contribution in [-0.2, 0) is 13.2 Å². The van der Waals surface area contributed by atoms with Gasteiger partial charge in [0.1, 0.15) is 18.1 Å². The van der Waals surface area contributed by atoms with Gasteiger partial charge in [-0.25, -0.2) is 0 Å². The van der Waals surface area contributed by atoms with Gasteiger partial charge in [-0.3, -0.25) is 9.48 Å². The first-order valence-electron chi connectivity index (χ1n) is 8.75. The molecule has 0 unspecified atom stereocenters. The summed E-state index contributed by atoms with van der Waals surface area (Å²) < 4.78 is 13.1. The Balaban J connectivity index is 1.44. The first kappa shape index (κ1) is 19.0. The van der Waals surface area contributed by atoms with Crippen LogP contribution in [0.25, 0.3) is 0 Å². The molecule has 0 saturated carbocycles. The number of halogens is 1. The number of carbonyl (C=O) groups excluding carboxylic acids is 1. The predicted octanol–water partition coefficient (Wildman–Crippen LogP) is 4.15. The maximum absolute atomic E-state index is 12.1. The molecule has 0 aliphatic rings. The van der Waals surface area contributed by atoms with Crippen LogP contribution in [0.3, 0.4) is 0 Å². The summed E-state index contributed by atoms with van der Waals surface area (Å²) in [5, 5.41) is 7.52. The highest BCUT2D eigenvalue weighted by Gasteiger charge is 2.11. The molecule has 2 aromatic heterocycles. The molecule has 7 heteroatoms. The molecule has 1 aromatic carbocycles. The van der Waals surface area contributed by atoms with Crippen LogP contribution < -0.4 is 10.1 Å². The molecular weight excluding hydrogens is 366 g/mol. The fourth-order valence-corrected chi connectivity index (χ4v) is 2.90. The molecule has 0 aliphatic carbocycles. The van der Waals surface area contributed by atoms with Crippen molar-refractivity contribution in [1.29, 1.82) is 0 Å². The van der Waals surface area contributed by atoms with Gasteiger partial charge < -0.3 is 14.5 Å². The average Bonchev–Trinajstić information content (AvgIpc) is 3.25. The van der Waals surface area contributed by atoms with Crippen LogP contribution in [0.1, 0.15) is 33.9 Å². The summed E-state index contributed by atoms with van der Waals surface area (Å²) in [6.45, 7) is 5.52. The number of hydrogen-bond donors (Lipinski definition) is 1. The molecule has 1 N–H and O–H groups in total. The Hall–Kier alpha value is -2.73. The number of hydrogen-bond acceptors (Lipinski definition) is 4. The van der Waals surface area contributed by atoms with E-state index in [1.54, 1.807) is 29.2 Å². The maximum Gasteiger partial charge on any atom is 0.286 e. The van der Waals surface area contributed by atoms with Gasteiger partial charge in [0.15, 0.2) is 5.76 Å². The van der Waals surface area contributed by atoms with Gasteiger partial charge >= 0.3 is 0 Å². The first-order valence-corrected chi connectivity index (χ1v) is 9.13. The number of nitrogens with one attached hydrogen (secondary N) is 1. The van der Waals surface area contributed by atoms with Crippen molar-refractivity contribution in [2.45, 2.75) is 33.4 Å². The van der Waals surface area contributed by atoms with Crippen LogP contribution in [0.2, 0.25) is 5.02 Å². The number of furan rings is 1. The Morgan fingerprint density at radius 1 is 1.26 bits per heavy atom. The number of aromatic nitrogens is 2. The van der Waals surface area contributed by atoms with Crippen LogP contribution in [0.5, 0.6) is 5.75 Å². The summed E-state index contributed by atoms with van der Waals surface area (Å²) in [5.74, 6) is 1.42. The van der Waals surface area contributed by atoms with Crippen molar-refractivity contribution < 1.29 is 13.9 Å². The average molecular weight is 388 g/mol. The molecule has 0 atom stereocenters. The van der Waals surface area contributed by atoms with Gasteiger partial charge in [-0.15, -0.1) is 0 Å². The van der Waals surface area contributed by atoms with Gasteiger partial charge in [-0.2, -0.15) is 5.10 Å². The maximum atomic E-state index is 12.1. The Morgan fingerprint density at radius 2 is 2.04 bits per heavy atom. The predicted molar refractivity (Wildman–Crippen MR) is 103 cm³/mol. The Bertz CT molecular complexity index is 897. The van der Waals surface area contributed by atoms with Crippen LogP contribution in [-0.4, -0.2) is 22.2 Å². The molecule has 0 radical (unpaired) electrons. The Labute approximate surface area is 163 Å². The molecule has 0 saturated heterocycles. The summed E-state index contributed by atoms with van der Waals surface area (Å²) in [4.78, 5) is 12.1. The zero-order chi connectivity index (χ0) is 19.2. The molecule has 27 heavy (non-hydrogen) atoms. The molecule has 3 aromatic rings. The number of nitrogens with zero attached hydrogens (tertiary/aromatic N) is 2. The third-order valence-electron chi connectivity index (χ3n) is 3.91. The van der Waals surface area contributed by atoms with Crippen molar-refractivity contribution in [3.63, 3.8) is 0 Å². The minimum atomic E-state index is -0.244. The zero-order valence-electron chi connectivity index (χ0n) is 15.4. The number of benzene rings is 1. The number of carbonyl (C=O) groups is 1. The fraction of sp³-hybridized carbons (Fsp3) is 0.300. The third kappa shape index (κ3) is 5.62. The van der Waals surface area contributed by atoms with E-state index < -0.39 is 0 Å². The standard InChI is InChI=1S/C20H22ClN3O3/c1-14-8-15(2)10-18(9-14)26-13-17-4-5-19(27-17)20(25)22-6-3-7-24-12-16(21)11-23-24/h4-5,8-12H,3,6-7,13H2,1-2H3,(H,22,25). The highest BCUT2D eigenvalue weighted by molar-refractivity contribution is 6.30. The zero-order valence-corrected chi connectivity index (χ0v) is 16.1. The van der Waals surface area contributed by atoms with Crippen LogP contribution in [0.15, 0.2) is 47.1 Å². The van der Waals surface area contributed by atoms with Crippen molar-refractivity contribution in [3.8, 4) is 5.75 Å². The van der Waals surface area contributed by atoms with Crippen molar-refractivity contribution in [2.24, 2.45) is 0 Å². The molecule has 0 fully saturated rings. The van der Waals surface area contributed by atoms with Gasteiger partial charge in [-0.05, 0) is 55.7 Å². The minimum Gasteiger partial charge on any atom is -0.486 e. The van der Waals surface area contributed by atoms with Crippen molar-refractivity contribution in [2.75, 3.05) is 6.54 Å². The van der Waals surface area contributed by atoms with E-state index in [0.717, 1.165) is 23.3 Å². The number of rotatable bonds is 8. The van der Waals surface area contributed by atoms with E-state index in [9.17, 15) is 4.79 Å². The number of ether oxygens (including phenoxy) is 1. The lowest BCUT2D eigenvalue weighted by Crippen LogP contribution is -2.24. The van der Waals surface area contributed by atoms with Gasteiger partial charge in [0.25, 0.3) is 5.91 Å². The molecular formula is C20H22ClN3O3. The van der Waals surface area contributed by atoms with Crippen LogP contribution in [0, 0.1) is 13.8 Å². The Morgan fingerprint density at radius 3 is 2.74 bits per heavy atom. The van der Waals surface area contributed by atoms with Crippen molar-refractivity contribution >= 4 is 17.5 Å². The smallest absolute Gasteiger partial charge is 0.286 e. The molecule has 0 aliphatic heterocycles. The molecule has 3 rings (SSSR count). The number of amides is 1. The second kappa shape index (κ2) is 8.77. The van der Waals surface area contributed by atoms with E-state index in [-0.39, 0.29) is 18.3 Å². The lowest BCUT2D eigenvalue weighted by atomic mass is 10.1. The van der Waals surface area contributed by atoms with Gasteiger partial charge in [0.05, 0.1) is 11.2 Å². The second-order valence-corrected chi connectivity index (χ2v) is 6.85. The van der Waals surface area contributed by atoms with Gasteiger partial charge in [0.2, 0.25) is 0 Å². The van der Waals surface area contributed by atoms with Crippen molar-refractivity contribution in [3.05, 3.63) is 70.4 Å². The summed E-state index contributed by atoms with van der Waals surface area (Å²) in [6.07, 6.45) is 4.08. The summed E-state index contributed by atoms with van der Waals surface area (Å²) in [5.41, 5.74) is 2.28. The molecule has 0 bridgehead atoms. The fourth-order valence-electron chi connectivity index (χ4n) is 2.74. The number of aryl methyl sites for hydroxylation is 3. The topological polar surface area (TPSA) is 69.3 Å². The lowest BCUT2D eigenvalue weighted by molar-refractivity contribution is 0.0921. The van der Waals surface area contributed by atoms with Crippen molar-refractivity contribution in [1.82, 2.24) is 15.1 Å². The first-order chi connectivity index (χ1) is 13.0. The highest BCUT2D eigenvalue weighted by Crippen LogP contribution is 2.18. The van der Waals surface area contributed by atoms with E-state index in [1.165, 1.54) is 0 Å². The van der Waals surface area contributed by atoms with E-state index in [0.29, 0.717) is 23.9 Å². The summed E-state index contributed by atoms with van der Waals surface area (Å²) >= 11 is 5.81.